The minimum absolute atomic E-state index is 0. The highest BCUT2D eigenvalue weighted by atomic mass is 79.9. The zero-order chi connectivity index (χ0) is 5.98. The molecule has 1 rings (SSSR count). The van der Waals surface area contributed by atoms with E-state index in [-0.39, 0.29) is 22.5 Å². The number of aryl methyl sites for hydroxylation is 1. The normalized spacial score (nSPS) is 8.11. The first-order chi connectivity index (χ1) is 3.79. The van der Waals surface area contributed by atoms with Crippen LogP contribution in [0, 0.1) is 6.92 Å². The van der Waals surface area contributed by atoms with Crippen LogP contribution in [0.5, 0.6) is 0 Å². The molecular weight excluding hydrogens is 182 g/mol. The Balaban J connectivity index is 0.000000640. The van der Waals surface area contributed by atoms with Crippen molar-refractivity contribution in [3.8, 4) is 0 Å². The van der Waals surface area contributed by atoms with Gasteiger partial charge in [0.15, 0.2) is 0 Å². The number of hydrogen-bond donors (Lipinski definition) is 1. The van der Waals surface area contributed by atoms with Crippen LogP contribution in [0.15, 0.2) is 23.0 Å². The van der Waals surface area contributed by atoms with Gasteiger partial charge in [0.05, 0.1) is 0 Å². The van der Waals surface area contributed by atoms with E-state index in [0.29, 0.717) is 0 Å². The van der Waals surface area contributed by atoms with E-state index in [1.807, 2.05) is 13.0 Å². The van der Waals surface area contributed by atoms with Crippen molar-refractivity contribution in [3.63, 3.8) is 0 Å². The van der Waals surface area contributed by atoms with Gasteiger partial charge in [0.2, 0.25) is 5.56 Å². The standard InChI is InChI=1S/C6H7NO.BrH/c1-5-3-2-4-6(8)7-5;/h2-4H,1H3,(H,7,8);1H. The maximum Gasteiger partial charge on any atom is 0.248 e. The lowest BCUT2D eigenvalue weighted by Gasteiger charge is -1.84. The molecule has 50 valence electrons. The van der Waals surface area contributed by atoms with Gasteiger partial charge < -0.3 is 4.98 Å². The minimum Gasteiger partial charge on any atom is -0.327 e. The van der Waals surface area contributed by atoms with Crippen LogP contribution in [0.1, 0.15) is 5.69 Å². The molecule has 0 amide bonds. The van der Waals surface area contributed by atoms with Crippen LogP contribution in [0.3, 0.4) is 0 Å². The SMILES string of the molecule is Br.Cc1cccc(=O)[nH]1. The molecule has 0 aromatic carbocycles. The molecule has 1 N–H and O–H groups in total. The van der Waals surface area contributed by atoms with Gasteiger partial charge in [-0.15, -0.1) is 17.0 Å². The van der Waals surface area contributed by atoms with Gasteiger partial charge in [-0.3, -0.25) is 4.79 Å². The lowest BCUT2D eigenvalue weighted by molar-refractivity contribution is 1.14. The maximum atomic E-state index is 10.4. The van der Waals surface area contributed by atoms with Crippen molar-refractivity contribution in [2.45, 2.75) is 6.92 Å². The lowest BCUT2D eigenvalue weighted by atomic mass is 10.4. The molecule has 0 radical (unpaired) electrons. The number of pyridine rings is 1. The first-order valence-electron chi connectivity index (χ1n) is 2.45. The molecule has 0 bridgehead atoms. The van der Waals surface area contributed by atoms with Crippen molar-refractivity contribution < 1.29 is 0 Å². The second-order valence-corrected chi connectivity index (χ2v) is 1.70. The highest BCUT2D eigenvalue weighted by molar-refractivity contribution is 8.93. The molecule has 0 saturated heterocycles. The van der Waals surface area contributed by atoms with Gasteiger partial charge in [-0.2, -0.15) is 0 Å². The van der Waals surface area contributed by atoms with Gasteiger partial charge in [0.25, 0.3) is 0 Å². The number of nitrogens with one attached hydrogen (secondary N) is 1. The Bertz CT molecular complexity index is 230. The summed E-state index contributed by atoms with van der Waals surface area (Å²) < 4.78 is 0. The number of aromatic nitrogens is 1. The van der Waals surface area contributed by atoms with Gasteiger partial charge in [0.1, 0.15) is 0 Å². The van der Waals surface area contributed by atoms with Crippen LogP contribution in [-0.2, 0) is 0 Å². The highest BCUT2D eigenvalue weighted by Crippen LogP contribution is 1.81. The Morgan fingerprint density at radius 1 is 1.44 bits per heavy atom. The van der Waals surface area contributed by atoms with Crippen molar-refractivity contribution in [1.82, 2.24) is 4.98 Å². The highest BCUT2D eigenvalue weighted by Gasteiger charge is 1.79. The quantitative estimate of drug-likeness (QED) is 0.656. The van der Waals surface area contributed by atoms with Gasteiger partial charge in [-0.25, -0.2) is 0 Å². The van der Waals surface area contributed by atoms with E-state index in [0.717, 1.165) is 5.69 Å². The number of aromatic amines is 1. The average Bonchev–Trinajstić information content (AvgIpc) is 1.64. The third kappa shape index (κ3) is 2.46. The van der Waals surface area contributed by atoms with E-state index >= 15 is 0 Å². The fraction of sp³-hybridized carbons (Fsp3) is 0.167. The van der Waals surface area contributed by atoms with Crippen LogP contribution in [-0.4, -0.2) is 4.98 Å². The molecule has 0 aliphatic carbocycles. The molecule has 1 aromatic rings. The third-order valence-electron chi connectivity index (χ3n) is 0.914. The van der Waals surface area contributed by atoms with Crippen molar-refractivity contribution >= 4 is 17.0 Å². The fourth-order valence-electron chi connectivity index (χ4n) is 0.558. The van der Waals surface area contributed by atoms with Gasteiger partial charge in [0, 0.05) is 11.8 Å². The molecule has 3 heteroatoms. The molecule has 0 atom stereocenters. The molecule has 1 heterocycles. The monoisotopic (exact) mass is 189 g/mol. The Morgan fingerprint density at radius 3 is 2.44 bits per heavy atom. The predicted octanol–water partition coefficient (Wildman–Crippen LogP) is 1.26. The van der Waals surface area contributed by atoms with Gasteiger partial charge in [-0.05, 0) is 13.0 Å². The summed E-state index contributed by atoms with van der Waals surface area (Å²) in [6.45, 7) is 1.85. The number of halogens is 1. The molecule has 0 aliphatic heterocycles. The van der Waals surface area contributed by atoms with E-state index in [4.69, 9.17) is 0 Å². The summed E-state index contributed by atoms with van der Waals surface area (Å²) in [5.74, 6) is 0. The molecule has 0 aliphatic rings. The van der Waals surface area contributed by atoms with Gasteiger partial charge >= 0.3 is 0 Å². The minimum atomic E-state index is -0.0370. The summed E-state index contributed by atoms with van der Waals surface area (Å²) in [6.07, 6.45) is 0. The summed E-state index contributed by atoms with van der Waals surface area (Å²) in [6, 6.07) is 5.07. The van der Waals surface area contributed by atoms with Crippen LogP contribution in [0.25, 0.3) is 0 Å². The number of H-pyrrole nitrogens is 1. The van der Waals surface area contributed by atoms with Crippen LogP contribution in [0.2, 0.25) is 0 Å². The van der Waals surface area contributed by atoms with E-state index in [1.165, 1.54) is 6.07 Å². The molecular formula is C6H8BrNO. The van der Waals surface area contributed by atoms with Crippen molar-refractivity contribution in [2.75, 3.05) is 0 Å². The maximum absolute atomic E-state index is 10.4. The lowest BCUT2D eigenvalue weighted by Crippen LogP contribution is -2.02. The summed E-state index contributed by atoms with van der Waals surface area (Å²) >= 11 is 0. The van der Waals surface area contributed by atoms with E-state index in [2.05, 4.69) is 4.98 Å². The number of rotatable bonds is 0. The van der Waals surface area contributed by atoms with E-state index < -0.39 is 0 Å². The van der Waals surface area contributed by atoms with Crippen LogP contribution >= 0.6 is 17.0 Å². The second kappa shape index (κ2) is 3.45. The zero-order valence-corrected chi connectivity index (χ0v) is 6.76. The topological polar surface area (TPSA) is 32.9 Å². The number of hydrogen-bond acceptors (Lipinski definition) is 1. The average molecular weight is 190 g/mol. The summed E-state index contributed by atoms with van der Waals surface area (Å²) in [7, 11) is 0. The van der Waals surface area contributed by atoms with Crippen molar-refractivity contribution in [2.24, 2.45) is 0 Å². The van der Waals surface area contributed by atoms with Crippen LogP contribution in [0.4, 0.5) is 0 Å². The third-order valence-corrected chi connectivity index (χ3v) is 0.914. The molecule has 0 spiro atoms. The smallest absolute Gasteiger partial charge is 0.248 e. The Kier molecular flexibility index (Phi) is 3.24. The first kappa shape index (κ1) is 8.43. The predicted molar refractivity (Wildman–Crippen MR) is 42.1 cm³/mol. The molecule has 0 saturated carbocycles. The Morgan fingerprint density at radius 2 is 2.11 bits per heavy atom. The van der Waals surface area contributed by atoms with Crippen molar-refractivity contribution in [3.05, 3.63) is 34.2 Å². The largest absolute Gasteiger partial charge is 0.327 e. The fourth-order valence-corrected chi connectivity index (χ4v) is 0.558. The summed E-state index contributed by atoms with van der Waals surface area (Å²) in [4.78, 5) is 13.0. The van der Waals surface area contributed by atoms with Crippen molar-refractivity contribution in [1.29, 1.82) is 0 Å². The first-order valence-corrected chi connectivity index (χ1v) is 2.45. The summed E-state index contributed by atoms with van der Waals surface area (Å²) in [5.41, 5.74) is 0.863. The second-order valence-electron chi connectivity index (χ2n) is 1.70. The molecule has 0 unspecified atom stereocenters. The molecule has 9 heavy (non-hydrogen) atoms. The van der Waals surface area contributed by atoms with Crippen LogP contribution < -0.4 is 5.56 Å². The molecule has 2 nitrogen and oxygen atoms in total. The zero-order valence-electron chi connectivity index (χ0n) is 5.05. The Labute approximate surface area is 63.7 Å². The Hall–Kier alpha value is -0.570. The summed E-state index contributed by atoms with van der Waals surface area (Å²) in [5, 5.41) is 0. The van der Waals surface area contributed by atoms with E-state index in [1.54, 1.807) is 6.07 Å². The molecule has 1 aromatic heterocycles. The van der Waals surface area contributed by atoms with E-state index in [9.17, 15) is 4.79 Å². The van der Waals surface area contributed by atoms with Gasteiger partial charge in [-0.1, -0.05) is 6.07 Å². The molecule has 0 fully saturated rings.